The van der Waals surface area contributed by atoms with E-state index < -0.39 is 10.0 Å². The predicted octanol–water partition coefficient (Wildman–Crippen LogP) is 0.937. The molecule has 0 aliphatic heterocycles. The van der Waals surface area contributed by atoms with Crippen molar-refractivity contribution in [3.63, 3.8) is 0 Å². The summed E-state index contributed by atoms with van der Waals surface area (Å²) in [5, 5.41) is 6.67. The van der Waals surface area contributed by atoms with Crippen molar-refractivity contribution in [2.45, 2.75) is 11.4 Å². The van der Waals surface area contributed by atoms with Crippen LogP contribution in [0.15, 0.2) is 35.5 Å². The lowest BCUT2D eigenvalue weighted by atomic mass is 10.4. The zero-order chi connectivity index (χ0) is 12.3. The molecule has 0 saturated carbocycles. The molecule has 17 heavy (non-hydrogen) atoms. The minimum absolute atomic E-state index is 0.0605. The molecule has 6 nitrogen and oxygen atoms in total. The summed E-state index contributed by atoms with van der Waals surface area (Å²) in [5.41, 5.74) is 0. The Kier molecular flexibility index (Phi) is 3.41. The molecule has 0 spiro atoms. The standard InChI is InChI=1S/C9H9ClN4O2S/c10-7-1-3-8(4-2-7)17(15,16)13-5-9-11-6-12-14-9/h1-4,6,13H,5H2,(H,11,12,14). The van der Waals surface area contributed by atoms with Crippen molar-refractivity contribution >= 4 is 21.6 Å². The maximum Gasteiger partial charge on any atom is 0.240 e. The van der Waals surface area contributed by atoms with Crippen LogP contribution in [0.3, 0.4) is 0 Å². The zero-order valence-corrected chi connectivity index (χ0v) is 10.2. The SMILES string of the molecule is O=S(=O)(NCc1ncn[nH]1)c1ccc(Cl)cc1. The highest BCUT2D eigenvalue weighted by Crippen LogP contribution is 2.13. The second-order valence-electron chi connectivity index (χ2n) is 3.21. The Labute approximate surface area is 103 Å². The molecule has 1 heterocycles. The van der Waals surface area contributed by atoms with Crippen molar-refractivity contribution in [2.24, 2.45) is 0 Å². The quantitative estimate of drug-likeness (QED) is 0.867. The van der Waals surface area contributed by atoms with Crippen LogP contribution in [0.2, 0.25) is 5.02 Å². The fourth-order valence-electron chi connectivity index (χ4n) is 1.18. The van der Waals surface area contributed by atoms with Gasteiger partial charge in [-0.15, -0.1) is 0 Å². The van der Waals surface area contributed by atoms with Crippen LogP contribution in [0.1, 0.15) is 5.82 Å². The van der Waals surface area contributed by atoms with Crippen molar-refractivity contribution in [3.05, 3.63) is 41.4 Å². The number of hydrogen-bond acceptors (Lipinski definition) is 4. The van der Waals surface area contributed by atoms with Gasteiger partial charge in [0.1, 0.15) is 12.2 Å². The van der Waals surface area contributed by atoms with Gasteiger partial charge in [-0.3, -0.25) is 5.10 Å². The number of sulfonamides is 1. The Morgan fingerprint density at radius 2 is 2.00 bits per heavy atom. The summed E-state index contributed by atoms with van der Waals surface area (Å²) in [4.78, 5) is 3.97. The number of benzene rings is 1. The van der Waals surface area contributed by atoms with E-state index in [0.717, 1.165) is 0 Å². The van der Waals surface area contributed by atoms with Gasteiger partial charge in [0, 0.05) is 5.02 Å². The first-order valence-corrected chi connectivity index (χ1v) is 6.53. The van der Waals surface area contributed by atoms with Crippen LogP contribution in [-0.4, -0.2) is 23.6 Å². The highest BCUT2D eigenvalue weighted by Gasteiger charge is 2.13. The van der Waals surface area contributed by atoms with Gasteiger partial charge in [-0.25, -0.2) is 18.1 Å². The Hall–Kier alpha value is -1.44. The normalized spacial score (nSPS) is 11.6. The van der Waals surface area contributed by atoms with Crippen LogP contribution < -0.4 is 4.72 Å². The van der Waals surface area contributed by atoms with E-state index in [0.29, 0.717) is 10.8 Å². The number of nitrogens with zero attached hydrogens (tertiary/aromatic N) is 2. The van der Waals surface area contributed by atoms with Gasteiger partial charge in [0.25, 0.3) is 0 Å². The average Bonchev–Trinajstić information content (AvgIpc) is 2.80. The Morgan fingerprint density at radius 3 is 2.59 bits per heavy atom. The largest absolute Gasteiger partial charge is 0.262 e. The zero-order valence-electron chi connectivity index (χ0n) is 8.59. The van der Waals surface area contributed by atoms with Crippen molar-refractivity contribution in [1.82, 2.24) is 19.9 Å². The lowest BCUT2D eigenvalue weighted by Crippen LogP contribution is -2.23. The van der Waals surface area contributed by atoms with Crippen molar-refractivity contribution in [1.29, 1.82) is 0 Å². The van der Waals surface area contributed by atoms with Gasteiger partial charge in [0.2, 0.25) is 10.0 Å². The number of aromatic amines is 1. The van der Waals surface area contributed by atoms with E-state index in [1.54, 1.807) is 0 Å². The summed E-state index contributed by atoms with van der Waals surface area (Å²) in [7, 11) is -3.55. The van der Waals surface area contributed by atoms with Crippen LogP contribution in [0, 0.1) is 0 Å². The molecule has 0 radical (unpaired) electrons. The third kappa shape index (κ3) is 3.02. The summed E-state index contributed by atoms with van der Waals surface area (Å²) in [6, 6.07) is 5.91. The summed E-state index contributed by atoms with van der Waals surface area (Å²) in [6.07, 6.45) is 1.31. The lowest BCUT2D eigenvalue weighted by molar-refractivity contribution is 0.579. The minimum Gasteiger partial charge on any atom is -0.262 e. The molecule has 2 N–H and O–H groups in total. The fraction of sp³-hybridized carbons (Fsp3) is 0.111. The monoisotopic (exact) mass is 272 g/mol. The second-order valence-corrected chi connectivity index (χ2v) is 5.41. The van der Waals surface area contributed by atoms with Crippen LogP contribution in [0.5, 0.6) is 0 Å². The molecule has 0 unspecified atom stereocenters. The summed E-state index contributed by atoms with van der Waals surface area (Å²) < 4.78 is 26.0. The summed E-state index contributed by atoms with van der Waals surface area (Å²) >= 11 is 5.68. The first kappa shape index (κ1) is 12.0. The van der Waals surface area contributed by atoms with Crippen LogP contribution >= 0.6 is 11.6 Å². The molecule has 0 saturated heterocycles. The molecular weight excluding hydrogens is 264 g/mol. The molecule has 1 aromatic carbocycles. The Balaban J connectivity index is 2.11. The molecule has 0 aliphatic carbocycles. The Morgan fingerprint density at radius 1 is 1.29 bits per heavy atom. The first-order chi connectivity index (χ1) is 8.08. The molecular formula is C9H9ClN4O2S. The van der Waals surface area contributed by atoms with Crippen LogP contribution in [0.4, 0.5) is 0 Å². The molecule has 0 amide bonds. The number of aromatic nitrogens is 3. The Bertz CT molecular complexity index is 580. The number of nitrogens with one attached hydrogen (secondary N) is 2. The molecule has 2 rings (SSSR count). The van der Waals surface area contributed by atoms with Crippen molar-refractivity contribution in [2.75, 3.05) is 0 Å². The van der Waals surface area contributed by atoms with E-state index in [1.807, 2.05) is 0 Å². The molecule has 90 valence electrons. The van der Waals surface area contributed by atoms with Crippen LogP contribution in [-0.2, 0) is 16.6 Å². The molecule has 2 aromatic rings. The van der Waals surface area contributed by atoms with Gasteiger partial charge in [0.15, 0.2) is 0 Å². The molecule has 1 aromatic heterocycles. The van der Waals surface area contributed by atoms with Gasteiger partial charge in [-0.2, -0.15) is 5.10 Å². The summed E-state index contributed by atoms with van der Waals surface area (Å²) in [6.45, 7) is 0.0605. The lowest BCUT2D eigenvalue weighted by Gasteiger charge is -2.04. The highest BCUT2D eigenvalue weighted by molar-refractivity contribution is 7.89. The molecule has 8 heteroatoms. The van der Waals surface area contributed by atoms with Gasteiger partial charge in [0.05, 0.1) is 11.4 Å². The number of rotatable bonds is 4. The number of halogens is 1. The molecule has 0 aliphatic rings. The van der Waals surface area contributed by atoms with Gasteiger partial charge >= 0.3 is 0 Å². The van der Waals surface area contributed by atoms with Crippen molar-refractivity contribution < 1.29 is 8.42 Å². The molecule has 0 bridgehead atoms. The van der Waals surface area contributed by atoms with E-state index in [-0.39, 0.29) is 11.4 Å². The fourth-order valence-corrected chi connectivity index (χ4v) is 2.29. The van der Waals surface area contributed by atoms with Crippen LogP contribution in [0.25, 0.3) is 0 Å². The third-order valence-corrected chi connectivity index (χ3v) is 3.69. The van der Waals surface area contributed by atoms with E-state index in [4.69, 9.17) is 11.6 Å². The summed E-state index contributed by atoms with van der Waals surface area (Å²) in [5.74, 6) is 0.447. The molecule has 0 atom stereocenters. The van der Waals surface area contributed by atoms with Gasteiger partial charge in [-0.05, 0) is 24.3 Å². The van der Waals surface area contributed by atoms with E-state index in [2.05, 4.69) is 19.9 Å². The first-order valence-electron chi connectivity index (χ1n) is 4.67. The average molecular weight is 273 g/mol. The maximum absolute atomic E-state index is 11.8. The van der Waals surface area contributed by atoms with E-state index in [1.165, 1.54) is 30.6 Å². The van der Waals surface area contributed by atoms with Gasteiger partial charge < -0.3 is 0 Å². The number of H-pyrrole nitrogens is 1. The van der Waals surface area contributed by atoms with E-state index in [9.17, 15) is 8.42 Å². The second kappa shape index (κ2) is 4.82. The highest BCUT2D eigenvalue weighted by atomic mass is 35.5. The molecule has 0 fully saturated rings. The minimum atomic E-state index is -3.55. The van der Waals surface area contributed by atoms with Crippen molar-refractivity contribution in [3.8, 4) is 0 Å². The predicted molar refractivity (Wildman–Crippen MR) is 61.9 cm³/mol. The smallest absolute Gasteiger partial charge is 0.240 e. The maximum atomic E-state index is 11.8. The number of hydrogen-bond donors (Lipinski definition) is 2. The third-order valence-electron chi connectivity index (χ3n) is 2.02. The topological polar surface area (TPSA) is 87.7 Å². The van der Waals surface area contributed by atoms with Gasteiger partial charge in [-0.1, -0.05) is 11.6 Å². The van der Waals surface area contributed by atoms with E-state index >= 15 is 0 Å².